The van der Waals surface area contributed by atoms with Crippen molar-refractivity contribution >= 4 is 15.9 Å². The largest absolute Gasteiger partial charge is 0.497 e. The molecule has 29 heavy (non-hydrogen) atoms. The van der Waals surface area contributed by atoms with Crippen LogP contribution in [0.5, 0.6) is 5.75 Å². The van der Waals surface area contributed by atoms with Crippen molar-refractivity contribution < 1.29 is 4.74 Å². The van der Waals surface area contributed by atoms with Crippen LogP contribution < -0.4 is 4.74 Å². The number of hydrogen-bond donors (Lipinski definition) is 0. The Hall–Kier alpha value is -1.32. The maximum atomic E-state index is 5.54. The van der Waals surface area contributed by atoms with Gasteiger partial charge in [-0.1, -0.05) is 53.5 Å². The summed E-state index contributed by atoms with van der Waals surface area (Å²) in [6.07, 6.45) is 8.90. The average molecular weight is 456 g/mol. The van der Waals surface area contributed by atoms with Crippen molar-refractivity contribution in [2.24, 2.45) is 5.92 Å². The zero-order valence-electron chi connectivity index (χ0n) is 17.9. The van der Waals surface area contributed by atoms with Crippen LogP contribution in [-0.4, -0.2) is 31.6 Å². The summed E-state index contributed by atoms with van der Waals surface area (Å²) in [7, 11) is 1.78. The summed E-state index contributed by atoms with van der Waals surface area (Å²) in [5.74, 6) is 1.77. The van der Waals surface area contributed by atoms with Crippen molar-refractivity contribution in [2.45, 2.75) is 57.3 Å². The van der Waals surface area contributed by atoms with Gasteiger partial charge in [-0.2, -0.15) is 0 Å². The smallest absolute Gasteiger partial charge is 0.119 e. The minimum atomic E-state index is 0.354. The first-order chi connectivity index (χ1) is 14.1. The Labute approximate surface area is 184 Å². The lowest BCUT2D eigenvalue weighted by atomic mass is 9.69. The molecule has 1 aliphatic carbocycles. The molecule has 0 bridgehead atoms. The summed E-state index contributed by atoms with van der Waals surface area (Å²) in [4.78, 5) is 2.73. The molecule has 2 aromatic rings. The van der Waals surface area contributed by atoms with E-state index >= 15 is 0 Å². The summed E-state index contributed by atoms with van der Waals surface area (Å²) in [5, 5.41) is 0. The lowest BCUT2D eigenvalue weighted by Crippen LogP contribution is -2.36. The second kappa shape index (κ2) is 9.22. The van der Waals surface area contributed by atoms with Gasteiger partial charge >= 0.3 is 0 Å². The Morgan fingerprint density at radius 3 is 2.79 bits per heavy atom. The maximum Gasteiger partial charge on any atom is 0.119 e. The highest BCUT2D eigenvalue weighted by Gasteiger charge is 2.45. The highest BCUT2D eigenvalue weighted by molar-refractivity contribution is 9.10. The summed E-state index contributed by atoms with van der Waals surface area (Å²) in [5.41, 5.74) is 4.72. The van der Waals surface area contributed by atoms with E-state index in [0.29, 0.717) is 5.41 Å². The molecule has 2 fully saturated rings. The van der Waals surface area contributed by atoms with Crippen LogP contribution in [0.1, 0.15) is 55.7 Å². The quantitative estimate of drug-likeness (QED) is 0.499. The molecule has 0 N–H and O–H groups in total. The van der Waals surface area contributed by atoms with Gasteiger partial charge in [0.15, 0.2) is 0 Å². The van der Waals surface area contributed by atoms with E-state index in [4.69, 9.17) is 4.74 Å². The first-order valence-corrected chi connectivity index (χ1v) is 12.1. The number of hydrogen-bond acceptors (Lipinski definition) is 2. The van der Waals surface area contributed by atoms with Crippen LogP contribution in [0.2, 0.25) is 0 Å². The molecule has 2 unspecified atom stereocenters. The van der Waals surface area contributed by atoms with Crippen molar-refractivity contribution in [3.63, 3.8) is 0 Å². The monoisotopic (exact) mass is 455 g/mol. The zero-order valence-corrected chi connectivity index (χ0v) is 19.5. The fraction of sp³-hybridized carbons (Fsp3) is 0.538. The molecule has 0 radical (unpaired) electrons. The molecule has 4 rings (SSSR count). The van der Waals surface area contributed by atoms with Gasteiger partial charge < -0.3 is 9.64 Å². The van der Waals surface area contributed by atoms with Gasteiger partial charge in [0.1, 0.15) is 5.75 Å². The van der Waals surface area contributed by atoms with Gasteiger partial charge in [-0.3, -0.25) is 0 Å². The van der Waals surface area contributed by atoms with Crippen LogP contribution in [0, 0.1) is 5.92 Å². The van der Waals surface area contributed by atoms with Gasteiger partial charge in [0, 0.05) is 17.6 Å². The van der Waals surface area contributed by atoms with Crippen LogP contribution in [0.4, 0.5) is 0 Å². The Morgan fingerprint density at radius 2 is 2.00 bits per heavy atom. The number of fused-ring (bicyclic) bond motifs is 1. The van der Waals surface area contributed by atoms with Crippen molar-refractivity contribution in [3.8, 4) is 5.75 Å². The van der Waals surface area contributed by atoms with Crippen LogP contribution in [-0.2, 0) is 18.3 Å². The van der Waals surface area contributed by atoms with E-state index in [9.17, 15) is 0 Å². The van der Waals surface area contributed by atoms with Gasteiger partial charge in [0.05, 0.1) is 7.11 Å². The number of likely N-dealkylation sites (tertiary alicyclic amines) is 1. The van der Waals surface area contributed by atoms with Gasteiger partial charge in [-0.05, 0) is 91.3 Å². The molecule has 1 saturated carbocycles. The third-order valence-corrected chi connectivity index (χ3v) is 8.14. The molecule has 2 atom stereocenters. The molecule has 2 aromatic carbocycles. The van der Waals surface area contributed by atoms with Crippen LogP contribution in [0.25, 0.3) is 0 Å². The number of nitrogens with zero attached hydrogens (tertiary/aromatic N) is 1. The summed E-state index contributed by atoms with van der Waals surface area (Å²) >= 11 is 3.80. The van der Waals surface area contributed by atoms with Crippen LogP contribution in [0.3, 0.4) is 0 Å². The van der Waals surface area contributed by atoms with E-state index in [0.717, 1.165) is 31.1 Å². The number of benzene rings is 2. The van der Waals surface area contributed by atoms with E-state index in [1.165, 1.54) is 66.4 Å². The maximum absolute atomic E-state index is 5.54. The fourth-order valence-electron chi connectivity index (χ4n) is 5.71. The summed E-state index contributed by atoms with van der Waals surface area (Å²) < 4.78 is 6.82. The Bertz CT molecular complexity index is 835. The van der Waals surface area contributed by atoms with Gasteiger partial charge in [0.25, 0.3) is 0 Å². The normalized spacial score (nSPS) is 24.9. The van der Waals surface area contributed by atoms with Gasteiger partial charge in [0.2, 0.25) is 0 Å². The molecule has 1 saturated heterocycles. The lowest BCUT2D eigenvalue weighted by molar-refractivity contribution is 0.223. The Balaban J connectivity index is 1.47. The molecule has 0 aromatic heterocycles. The second-order valence-electron chi connectivity index (χ2n) is 8.91. The summed E-state index contributed by atoms with van der Waals surface area (Å²) in [6, 6.07) is 15.8. The number of methoxy groups -OCH3 is 1. The SMILES string of the molecule is CCc1ccc(CCN2CCCC3(c4cccc(OC)c4)CCCC3C2)c(Br)c1. The number of aryl methyl sites for hydroxylation is 1. The molecular weight excluding hydrogens is 422 g/mol. The molecule has 0 spiro atoms. The Morgan fingerprint density at radius 1 is 1.14 bits per heavy atom. The van der Waals surface area contributed by atoms with E-state index in [1.807, 2.05) is 0 Å². The topological polar surface area (TPSA) is 12.5 Å². The second-order valence-corrected chi connectivity index (χ2v) is 9.77. The number of rotatable bonds is 6. The first kappa shape index (κ1) is 20.9. The first-order valence-electron chi connectivity index (χ1n) is 11.3. The Kier molecular flexibility index (Phi) is 6.66. The molecule has 2 aliphatic rings. The van der Waals surface area contributed by atoms with E-state index in [-0.39, 0.29) is 0 Å². The van der Waals surface area contributed by atoms with Gasteiger partial charge in [-0.25, -0.2) is 0 Å². The molecule has 3 heteroatoms. The van der Waals surface area contributed by atoms with Gasteiger partial charge in [-0.15, -0.1) is 0 Å². The van der Waals surface area contributed by atoms with Crippen LogP contribution in [0.15, 0.2) is 46.9 Å². The fourth-order valence-corrected chi connectivity index (χ4v) is 6.34. The average Bonchev–Trinajstić information content (AvgIpc) is 3.07. The number of halogens is 1. The number of ether oxygens (including phenoxy) is 1. The molecule has 156 valence electrons. The third-order valence-electron chi connectivity index (χ3n) is 7.40. The van der Waals surface area contributed by atoms with Crippen LogP contribution >= 0.6 is 15.9 Å². The summed E-state index contributed by atoms with van der Waals surface area (Å²) in [6.45, 7) is 5.85. The highest BCUT2D eigenvalue weighted by atomic mass is 79.9. The van der Waals surface area contributed by atoms with E-state index in [2.05, 4.69) is 70.2 Å². The van der Waals surface area contributed by atoms with Crippen molar-refractivity contribution in [2.75, 3.05) is 26.7 Å². The molecular formula is C26H34BrNO. The third kappa shape index (κ3) is 4.41. The predicted octanol–water partition coefficient (Wildman–Crippen LogP) is 6.40. The molecule has 0 amide bonds. The van der Waals surface area contributed by atoms with E-state index < -0.39 is 0 Å². The lowest BCUT2D eigenvalue weighted by Gasteiger charge is -2.36. The highest BCUT2D eigenvalue weighted by Crippen LogP contribution is 2.51. The van der Waals surface area contributed by atoms with E-state index in [1.54, 1.807) is 7.11 Å². The molecule has 2 nitrogen and oxygen atoms in total. The minimum Gasteiger partial charge on any atom is -0.497 e. The predicted molar refractivity (Wildman–Crippen MR) is 125 cm³/mol. The molecule has 1 heterocycles. The molecule has 1 aliphatic heterocycles. The minimum absolute atomic E-state index is 0.354. The van der Waals surface area contributed by atoms with Crippen molar-refractivity contribution in [1.82, 2.24) is 4.90 Å². The van der Waals surface area contributed by atoms with Crippen molar-refractivity contribution in [3.05, 3.63) is 63.6 Å². The zero-order chi connectivity index (χ0) is 20.3. The standard InChI is InChI=1S/C26H34BrNO/c1-3-20-10-11-21(25(27)17-20)12-16-28-15-6-14-26(13-5-8-23(26)19-28)22-7-4-9-24(18-22)29-2/h4,7,9-11,17-18,23H,3,5-6,8,12-16,19H2,1-2H3. The van der Waals surface area contributed by atoms with Crippen molar-refractivity contribution in [1.29, 1.82) is 0 Å².